The van der Waals surface area contributed by atoms with Crippen LogP contribution < -0.4 is 5.32 Å². The van der Waals surface area contributed by atoms with E-state index in [0.717, 1.165) is 22.6 Å². The van der Waals surface area contributed by atoms with Gasteiger partial charge in [0.15, 0.2) is 0 Å². The molecule has 0 radical (unpaired) electrons. The summed E-state index contributed by atoms with van der Waals surface area (Å²) in [7, 11) is 2.03. The van der Waals surface area contributed by atoms with Crippen LogP contribution in [0.4, 0.5) is 4.39 Å². The molecule has 2 saturated carbocycles. The number of nitrogens with one attached hydrogen (secondary N) is 1. The molecule has 2 fully saturated rings. The first-order chi connectivity index (χ1) is 9.78. The Balaban J connectivity index is 1.78. The molecular formula is C18H20FN. The molecule has 4 rings (SSSR count). The van der Waals surface area contributed by atoms with Gasteiger partial charge in [0.25, 0.3) is 0 Å². The number of fused-ring (bicyclic) bond motifs is 2. The molecule has 104 valence electrons. The Hall–Kier alpha value is -1.41. The molecule has 2 aliphatic carbocycles. The Morgan fingerprint density at radius 2 is 1.70 bits per heavy atom. The summed E-state index contributed by atoms with van der Waals surface area (Å²) in [5.41, 5.74) is 1.26. The Bertz CT molecular complexity index is 641. The van der Waals surface area contributed by atoms with Crippen molar-refractivity contribution in [1.82, 2.24) is 5.32 Å². The summed E-state index contributed by atoms with van der Waals surface area (Å²) in [4.78, 5) is 0. The summed E-state index contributed by atoms with van der Waals surface area (Å²) in [5, 5.41) is 5.30. The third-order valence-corrected chi connectivity index (χ3v) is 5.30. The van der Waals surface area contributed by atoms with Gasteiger partial charge in [-0.15, -0.1) is 0 Å². The van der Waals surface area contributed by atoms with E-state index in [1.165, 1.54) is 24.8 Å². The SMILES string of the molecule is CNC(c1ccc(F)c2ccccc12)C1CC2CC2C1. The van der Waals surface area contributed by atoms with Crippen LogP contribution in [0.5, 0.6) is 0 Å². The second kappa shape index (κ2) is 4.56. The van der Waals surface area contributed by atoms with Crippen molar-refractivity contribution in [2.75, 3.05) is 7.05 Å². The predicted molar refractivity (Wildman–Crippen MR) is 80.0 cm³/mol. The number of rotatable bonds is 3. The molecule has 0 heterocycles. The Labute approximate surface area is 119 Å². The lowest BCUT2D eigenvalue weighted by Crippen LogP contribution is -2.24. The van der Waals surface area contributed by atoms with Crippen molar-refractivity contribution in [3.63, 3.8) is 0 Å². The van der Waals surface area contributed by atoms with Gasteiger partial charge in [-0.2, -0.15) is 0 Å². The summed E-state index contributed by atoms with van der Waals surface area (Å²) in [5.74, 6) is 2.54. The van der Waals surface area contributed by atoms with Gasteiger partial charge in [0.05, 0.1) is 0 Å². The molecule has 20 heavy (non-hydrogen) atoms. The van der Waals surface area contributed by atoms with Crippen LogP contribution in [0.15, 0.2) is 36.4 Å². The lowest BCUT2D eigenvalue weighted by Gasteiger charge is -2.26. The monoisotopic (exact) mass is 269 g/mol. The topological polar surface area (TPSA) is 12.0 Å². The van der Waals surface area contributed by atoms with Crippen LogP contribution in [0.3, 0.4) is 0 Å². The molecule has 0 saturated heterocycles. The van der Waals surface area contributed by atoms with E-state index < -0.39 is 0 Å². The van der Waals surface area contributed by atoms with Crippen LogP contribution in [0.25, 0.3) is 10.8 Å². The lowest BCUT2D eigenvalue weighted by molar-refractivity contribution is 0.361. The zero-order chi connectivity index (χ0) is 13.7. The van der Waals surface area contributed by atoms with Crippen molar-refractivity contribution in [1.29, 1.82) is 0 Å². The fourth-order valence-electron chi connectivity index (χ4n) is 4.24. The van der Waals surface area contributed by atoms with Gasteiger partial charge in [0.2, 0.25) is 0 Å². The predicted octanol–water partition coefficient (Wildman–Crippen LogP) is 4.29. The van der Waals surface area contributed by atoms with Crippen molar-refractivity contribution < 1.29 is 4.39 Å². The molecule has 3 unspecified atom stereocenters. The Morgan fingerprint density at radius 3 is 2.40 bits per heavy atom. The van der Waals surface area contributed by atoms with Crippen LogP contribution >= 0.6 is 0 Å². The van der Waals surface area contributed by atoms with Gasteiger partial charge in [-0.25, -0.2) is 4.39 Å². The minimum atomic E-state index is -0.117. The summed E-state index contributed by atoms with van der Waals surface area (Å²) < 4.78 is 14.0. The highest BCUT2D eigenvalue weighted by Gasteiger charge is 2.47. The van der Waals surface area contributed by atoms with E-state index in [0.29, 0.717) is 12.0 Å². The van der Waals surface area contributed by atoms with E-state index in [1.54, 1.807) is 6.07 Å². The van der Waals surface area contributed by atoms with Crippen molar-refractivity contribution in [3.8, 4) is 0 Å². The van der Waals surface area contributed by atoms with E-state index >= 15 is 0 Å². The molecule has 2 aliphatic rings. The minimum absolute atomic E-state index is 0.117. The number of hydrogen-bond donors (Lipinski definition) is 1. The smallest absolute Gasteiger partial charge is 0.131 e. The van der Waals surface area contributed by atoms with E-state index in [1.807, 2.05) is 37.4 Å². The molecule has 0 amide bonds. The first-order valence-corrected chi connectivity index (χ1v) is 7.62. The third kappa shape index (κ3) is 1.86. The molecule has 3 atom stereocenters. The van der Waals surface area contributed by atoms with Gasteiger partial charge in [0.1, 0.15) is 5.82 Å². The second-order valence-electron chi connectivity index (χ2n) is 6.44. The molecule has 0 aromatic heterocycles. The molecule has 2 aromatic carbocycles. The van der Waals surface area contributed by atoms with Gasteiger partial charge < -0.3 is 5.32 Å². The van der Waals surface area contributed by atoms with Gasteiger partial charge >= 0.3 is 0 Å². The van der Waals surface area contributed by atoms with Gasteiger partial charge in [-0.3, -0.25) is 0 Å². The average molecular weight is 269 g/mol. The Kier molecular flexibility index (Phi) is 2.81. The molecular weight excluding hydrogens is 249 g/mol. The van der Waals surface area contributed by atoms with Crippen molar-refractivity contribution >= 4 is 10.8 Å². The summed E-state index contributed by atoms with van der Waals surface area (Å²) in [6.07, 6.45) is 4.11. The largest absolute Gasteiger partial charge is 0.313 e. The highest BCUT2D eigenvalue weighted by atomic mass is 19.1. The molecule has 0 spiro atoms. The maximum absolute atomic E-state index is 14.0. The molecule has 0 bridgehead atoms. The maximum Gasteiger partial charge on any atom is 0.131 e. The van der Waals surface area contributed by atoms with Gasteiger partial charge in [0, 0.05) is 11.4 Å². The first-order valence-electron chi connectivity index (χ1n) is 7.62. The standard InChI is InChI=1S/C18H20FN/c1-20-18(13-9-11-8-12(11)10-13)16-6-7-17(19)15-5-3-2-4-14(15)16/h2-7,11-13,18,20H,8-10H2,1H3. The van der Waals surface area contributed by atoms with Crippen molar-refractivity contribution in [2.45, 2.75) is 25.3 Å². The number of hydrogen-bond acceptors (Lipinski definition) is 1. The van der Waals surface area contributed by atoms with E-state index in [-0.39, 0.29) is 5.82 Å². The van der Waals surface area contributed by atoms with Crippen molar-refractivity contribution in [2.24, 2.45) is 17.8 Å². The lowest BCUT2D eigenvalue weighted by atomic mass is 9.86. The fourth-order valence-corrected chi connectivity index (χ4v) is 4.24. The molecule has 1 N–H and O–H groups in total. The minimum Gasteiger partial charge on any atom is -0.313 e. The average Bonchev–Trinajstić information content (AvgIpc) is 3.09. The first kappa shape index (κ1) is 12.3. The zero-order valence-corrected chi connectivity index (χ0v) is 11.8. The van der Waals surface area contributed by atoms with E-state index in [9.17, 15) is 4.39 Å². The number of benzene rings is 2. The quantitative estimate of drug-likeness (QED) is 0.876. The highest BCUT2D eigenvalue weighted by molar-refractivity contribution is 5.86. The van der Waals surface area contributed by atoms with Crippen LogP contribution in [0, 0.1) is 23.6 Å². The molecule has 1 nitrogen and oxygen atoms in total. The summed E-state index contributed by atoms with van der Waals surface area (Å²) in [6.45, 7) is 0. The zero-order valence-electron chi connectivity index (χ0n) is 11.8. The van der Waals surface area contributed by atoms with Crippen molar-refractivity contribution in [3.05, 3.63) is 47.8 Å². The van der Waals surface area contributed by atoms with Gasteiger partial charge in [-0.05, 0) is 61.1 Å². The fraction of sp³-hybridized carbons (Fsp3) is 0.444. The molecule has 2 aromatic rings. The Morgan fingerprint density at radius 1 is 1.00 bits per heavy atom. The normalized spacial score (nSPS) is 29.4. The van der Waals surface area contributed by atoms with Crippen LogP contribution in [0.2, 0.25) is 0 Å². The third-order valence-electron chi connectivity index (χ3n) is 5.30. The molecule has 2 heteroatoms. The second-order valence-corrected chi connectivity index (χ2v) is 6.44. The van der Waals surface area contributed by atoms with E-state index in [4.69, 9.17) is 0 Å². The van der Waals surface area contributed by atoms with Crippen LogP contribution in [0.1, 0.15) is 30.9 Å². The summed E-state index contributed by atoms with van der Waals surface area (Å²) in [6, 6.07) is 11.8. The number of halogens is 1. The van der Waals surface area contributed by atoms with Crippen LogP contribution in [-0.2, 0) is 0 Å². The van der Waals surface area contributed by atoms with Crippen LogP contribution in [-0.4, -0.2) is 7.05 Å². The molecule has 0 aliphatic heterocycles. The van der Waals surface area contributed by atoms with Gasteiger partial charge in [-0.1, -0.05) is 30.3 Å². The highest BCUT2D eigenvalue weighted by Crippen LogP contribution is 2.57. The maximum atomic E-state index is 14.0. The van der Waals surface area contributed by atoms with E-state index in [2.05, 4.69) is 5.32 Å². The summed E-state index contributed by atoms with van der Waals surface area (Å²) >= 11 is 0.